The Morgan fingerprint density at radius 1 is 0.696 bits per heavy atom. The van der Waals surface area contributed by atoms with Crippen LogP contribution in [0.1, 0.15) is 44.4 Å². The summed E-state index contributed by atoms with van der Waals surface area (Å²) < 4.78 is 14.2. The van der Waals surface area contributed by atoms with E-state index in [1.807, 2.05) is 60.7 Å². The van der Waals surface area contributed by atoms with Crippen LogP contribution in [0.2, 0.25) is 10.0 Å². The van der Waals surface area contributed by atoms with Gasteiger partial charge in [0.1, 0.15) is 0 Å². The zero-order chi connectivity index (χ0) is 32.5. The van der Waals surface area contributed by atoms with E-state index in [0.29, 0.717) is 44.5 Å². The summed E-state index contributed by atoms with van der Waals surface area (Å²) in [5, 5.41) is 6.89. The van der Waals surface area contributed by atoms with Crippen molar-refractivity contribution >= 4 is 29.2 Å². The molecular weight excluding hydrogens is 627 g/mol. The van der Waals surface area contributed by atoms with Crippen molar-refractivity contribution in [2.45, 2.75) is 19.8 Å². The molecule has 46 heavy (non-hydrogen) atoms. The highest BCUT2D eigenvalue weighted by Gasteiger charge is 2.32. The standard InChI is InChI=1S/C35H28Cl2N4O5/c1-20-30(33(42)40(38-20)24-10-6-4-7-11-24)32(31-21(2)39-41(34(31)43)25-12-8-5-9-13-25)22-15-17-28(29(19-22)45-3)46-35(44)23-14-16-26(36)27(37)18-23/h4-19,32,38-39H,1-3H3. The molecule has 0 radical (unpaired) electrons. The van der Waals surface area contributed by atoms with E-state index in [4.69, 9.17) is 32.7 Å². The molecule has 6 rings (SSSR count). The summed E-state index contributed by atoms with van der Waals surface area (Å²) in [5.41, 5.74) is 3.38. The number of methoxy groups -OCH3 is 1. The van der Waals surface area contributed by atoms with Gasteiger partial charge in [0, 0.05) is 17.3 Å². The Bertz CT molecular complexity index is 2090. The second kappa shape index (κ2) is 12.6. The minimum atomic E-state index is -0.823. The highest BCUT2D eigenvalue weighted by molar-refractivity contribution is 6.42. The molecule has 0 aliphatic carbocycles. The molecule has 0 spiro atoms. The number of para-hydroxylation sites is 2. The normalized spacial score (nSPS) is 11.2. The van der Waals surface area contributed by atoms with Crippen molar-refractivity contribution in [3.63, 3.8) is 0 Å². The predicted octanol–water partition coefficient (Wildman–Crippen LogP) is 6.98. The molecule has 0 fully saturated rings. The van der Waals surface area contributed by atoms with E-state index in [1.165, 1.54) is 34.7 Å². The molecule has 2 N–H and O–H groups in total. The number of ether oxygens (including phenoxy) is 2. The number of halogens is 2. The third-order valence-electron chi connectivity index (χ3n) is 7.72. The van der Waals surface area contributed by atoms with Gasteiger partial charge in [0.05, 0.1) is 45.2 Å². The van der Waals surface area contributed by atoms with E-state index in [9.17, 15) is 14.4 Å². The Morgan fingerprint density at radius 2 is 1.24 bits per heavy atom. The predicted molar refractivity (Wildman–Crippen MR) is 178 cm³/mol. The first-order chi connectivity index (χ1) is 22.2. The van der Waals surface area contributed by atoms with E-state index in [1.54, 1.807) is 32.0 Å². The summed E-state index contributed by atoms with van der Waals surface area (Å²) in [4.78, 5) is 41.3. The molecule has 0 bridgehead atoms. The Balaban J connectivity index is 1.51. The van der Waals surface area contributed by atoms with Crippen LogP contribution in [0.25, 0.3) is 11.4 Å². The fourth-order valence-electron chi connectivity index (χ4n) is 5.52. The lowest BCUT2D eigenvalue weighted by Gasteiger charge is -2.18. The number of carbonyl (C=O) groups excluding carboxylic acids is 1. The van der Waals surface area contributed by atoms with Crippen molar-refractivity contribution in [1.29, 1.82) is 0 Å². The van der Waals surface area contributed by atoms with Crippen LogP contribution < -0.4 is 20.6 Å². The molecule has 6 aromatic rings. The van der Waals surface area contributed by atoms with E-state index < -0.39 is 11.9 Å². The van der Waals surface area contributed by atoms with Crippen molar-refractivity contribution in [1.82, 2.24) is 19.6 Å². The number of aryl methyl sites for hydroxylation is 2. The summed E-state index contributed by atoms with van der Waals surface area (Å²) in [6.07, 6.45) is 0. The van der Waals surface area contributed by atoms with Crippen molar-refractivity contribution < 1.29 is 14.3 Å². The van der Waals surface area contributed by atoms with Crippen molar-refractivity contribution in [2.75, 3.05) is 7.11 Å². The lowest BCUT2D eigenvalue weighted by Crippen LogP contribution is -2.25. The largest absolute Gasteiger partial charge is 0.493 e. The van der Waals surface area contributed by atoms with E-state index in [2.05, 4.69) is 10.2 Å². The lowest BCUT2D eigenvalue weighted by molar-refractivity contribution is 0.0729. The molecule has 0 aliphatic heterocycles. The minimum Gasteiger partial charge on any atom is -0.493 e. The summed E-state index contributed by atoms with van der Waals surface area (Å²) >= 11 is 12.1. The third kappa shape index (κ3) is 5.66. The Kier molecular flexibility index (Phi) is 8.44. The van der Waals surface area contributed by atoms with Crippen LogP contribution in [-0.2, 0) is 0 Å². The molecule has 0 amide bonds. The van der Waals surface area contributed by atoms with Gasteiger partial charge in [-0.1, -0.05) is 65.7 Å². The third-order valence-corrected chi connectivity index (χ3v) is 8.46. The quantitative estimate of drug-likeness (QED) is 0.136. The molecule has 232 valence electrons. The number of rotatable bonds is 8. The molecule has 11 heteroatoms. The molecule has 0 atom stereocenters. The fraction of sp³-hybridized carbons (Fsp3) is 0.114. The number of hydrogen-bond donors (Lipinski definition) is 2. The van der Waals surface area contributed by atoms with Crippen molar-refractivity contribution in [3.05, 3.63) is 161 Å². The van der Waals surface area contributed by atoms with Crippen LogP contribution in [0.5, 0.6) is 11.5 Å². The van der Waals surface area contributed by atoms with Gasteiger partial charge in [0.2, 0.25) is 0 Å². The maximum Gasteiger partial charge on any atom is 0.343 e. The van der Waals surface area contributed by atoms with Gasteiger partial charge in [0.15, 0.2) is 11.5 Å². The first-order valence-electron chi connectivity index (χ1n) is 14.3. The van der Waals surface area contributed by atoms with Crippen LogP contribution in [0.3, 0.4) is 0 Å². The van der Waals surface area contributed by atoms with Crippen LogP contribution in [0, 0.1) is 13.8 Å². The fourth-order valence-corrected chi connectivity index (χ4v) is 5.82. The lowest BCUT2D eigenvalue weighted by atomic mass is 9.85. The number of esters is 1. The maximum atomic E-state index is 14.1. The zero-order valence-electron chi connectivity index (χ0n) is 25.0. The smallest absolute Gasteiger partial charge is 0.343 e. The van der Waals surface area contributed by atoms with Crippen LogP contribution in [0.4, 0.5) is 0 Å². The van der Waals surface area contributed by atoms with Crippen molar-refractivity contribution in [2.24, 2.45) is 0 Å². The minimum absolute atomic E-state index is 0.140. The number of nitrogens with zero attached hydrogens (tertiary/aromatic N) is 2. The number of H-pyrrole nitrogens is 2. The van der Waals surface area contributed by atoms with Gasteiger partial charge in [-0.25, -0.2) is 14.2 Å². The van der Waals surface area contributed by atoms with Crippen LogP contribution in [0.15, 0.2) is 107 Å². The first-order valence-corrected chi connectivity index (χ1v) is 15.0. The molecule has 2 aromatic heterocycles. The van der Waals surface area contributed by atoms with E-state index in [-0.39, 0.29) is 33.2 Å². The Morgan fingerprint density at radius 3 is 1.74 bits per heavy atom. The number of aromatic nitrogens is 4. The summed E-state index contributed by atoms with van der Waals surface area (Å²) in [7, 11) is 1.44. The van der Waals surface area contributed by atoms with E-state index in [0.717, 1.165) is 0 Å². The molecule has 0 saturated heterocycles. The molecule has 9 nitrogen and oxygen atoms in total. The van der Waals surface area contributed by atoms with E-state index >= 15 is 0 Å². The highest BCUT2D eigenvalue weighted by atomic mass is 35.5. The summed E-state index contributed by atoms with van der Waals surface area (Å²) in [6, 6.07) is 27.8. The Labute approximate surface area is 273 Å². The first kappa shape index (κ1) is 30.8. The van der Waals surface area contributed by atoms with Gasteiger partial charge in [0.25, 0.3) is 11.1 Å². The van der Waals surface area contributed by atoms with Crippen molar-refractivity contribution in [3.8, 4) is 22.9 Å². The highest BCUT2D eigenvalue weighted by Crippen LogP contribution is 2.38. The topological polar surface area (TPSA) is 111 Å². The number of carbonyl (C=O) groups is 1. The van der Waals surface area contributed by atoms with Crippen LogP contribution >= 0.6 is 23.2 Å². The summed E-state index contributed by atoms with van der Waals surface area (Å²) in [5.74, 6) is -1.12. The van der Waals surface area contributed by atoms with Gasteiger partial charge in [-0.05, 0) is 74.0 Å². The van der Waals surface area contributed by atoms with Gasteiger partial charge in [-0.3, -0.25) is 19.8 Å². The second-order valence-electron chi connectivity index (χ2n) is 10.6. The summed E-state index contributed by atoms with van der Waals surface area (Å²) in [6.45, 7) is 3.59. The van der Waals surface area contributed by atoms with Gasteiger partial charge >= 0.3 is 5.97 Å². The SMILES string of the molecule is COc1cc(C(c2c(C)[nH]n(-c3ccccc3)c2=O)c2c(C)[nH]n(-c3ccccc3)c2=O)ccc1OC(=O)c1ccc(Cl)c(Cl)c1. The Hall–Kier alpha value is -5.25. The van der Waals surface area contributed by atoms with Crippen LogP contribution in [-0.4, -0.2) is 32.6 Å². The number of benzene rings is 4. The molecule has 0 saturated carbocycles. The second-order valence-corrected chi connectivity index (χ2v) is 11.4. The van der Waals surface area contributed by atoms with Gasteiger partial charge in [-0.15, -0.1) is 0 Å². The maximum absolute atomic E-state index is 14.1. The molecule has 4 aromatic carbocycles. The zero-order valence-corrected chi connectivity index (χ0v) is 26.5. The average molecular weight is 656 g/mol. The molecule has 0 aliphatic rings. The average Bonchev–Trinajstić information content (AvgIpc) is 3.53. The number of aromatic amines is 2. The molecule has 2 heterocycles. The van der Waals surface area contributed by atoms with Gasteiger partial charge in [-0.2, -0.15) is 0 Å². The molecular formula is C35H28Cl2N4O5. The van der Waals surface area contributed by atoms with Gasteiger partial charge < -0.3 is 9.47 Å². The monoisotopic (exact) mass is 654 g/mol. The number of hydrogen-bond acceptors (Lipinski definition) is 5. The molecule has 0 unspecified atom stereocenters. The number of nitrogens with one attached hydrogen (secondary N) is 2.